The van der Waals surface area contributed by atoms with Gasteiger partial charge in [0.15, 0.2) is 0 Å². The Hall–Kier alpha value is -2.40. The van der Waals surface area contributed by atoms with Gasteiger partial charge >= 0.3 is 0 Å². The Labute approximate surface area is 147 Å². The van der Waals surface area contributed by atoms with Crippen molar-refractivity contribution in [1.29, 1.82) is 0 Å². The summed E-state index contributed by atoms with van der Waals surface area (Å²) in [6, 6.07) is 19.0. The highest BCUT2D eigenvalue weighted by Crippen LogP contribution is 2.38. The van der Waals surface area contributed by atoms with E-state index >= 15 is 0 Å². The van der Waals surface area contributed by atoms with Crippen molar-refractivity contribution in [3.63, 3.8) is 0 Å². The molecule has 2 aromatic rings. The van der Waals surface area contributed by atoms with Gasteiger partial charge < -0.3 is 5.32 Å². The normalized spacial score (nSPS) is 25.7. The van der Waals surface area contributed by atoms with Crippen molar-refractivity contribution >= 4 is 11.4 Å². The molecule has 2 bridgehead atoms. The van der Waals surface area contributed by atoms with Crippen LogP contribution < -0.4 is 5.32 Å². The Morgan fingerprint density at radius 3 is 2.32 bits per heavy atom. The lowest BCUT2D eigenvalue weighted by molar-refractivity contribution is -0.384. The summed E-state index contributed by atoms with van der Waals surface area (Å²) < 4.78 is 0. The van der Waals surface area contributed by atoms with E-state index in [-0.39, 0.29) is 10.6 Å². The summed E-state index contributed by atoms with van der Waals surface area (Å²) in [6.07, 6.45) is 4.56. The van der Waals surface area contributed by atoms with Gasteiger partial charge in [-0.2, -0.15) is 0 Å². The maximum absolute atomic E-state index is 11.2. The first-order valence-electron chi connectivity index (χ1n) is 9.00. The molecule has 2 fully saturated rings. The molecule has 2 atom stereocenters. The minimum Gasteiger partial charge on any atom is -0.377 e. The number of rotatable bonds is 5. The van der Waals surface area contributed by atoms with E-state index < -0.39 is 0 Å². The van der Waals surface area contributed by atoms with Crippen LogP contribution in [0.15, 0.2) is 54.6 Å². The highest BCUT2D eigenvalue weighted by atomic mass is 16.6. The first kappa shape index (κ1) is 16.1. The zero-order chi connectivity index (χ0) is 17.2. The van der Waals surface area contributed by atoms with E-state index in [0.717, 1.165) is 19.4 Å². The molecule has 5 nitrogen and oxygen atoms in total. The maximum Gasteiger partial charge on any atom is 0.292 e. The quantitative estimate of drug-likeness (QED) is 0.656. The highest BCUT2D eigenvalue weighted by Gasteiger charge is 2.40. The van der Waals surface area contributed by atoms with E-state index in [1.54, 1.807) is 12.1 Å². The largest absolute Gasteiger partial charge is 0.377 e. The second kappa shape index (κ2) is 6.84. The molecule has 0 amide bonds. The topological polar surface area (TPSA) is 58.4 Å². The Morgan fingerprint density at radius 1 is 1.00 bits per heavy atom. The van der Waals surface area contributed by atoms with Gasteiger partial charge in [0, 0.05) is 30.7 Å². The number of nitro benzene ring substituents is 1. The van der Waals surface area contributed by atoms with Crippen molar-refractivity contribution in [2.75, 3.05) is 5.32 Å². The molecule has 4 rings (SSSR count). The van der Waals surface area contributed by atoms with Crippen LogP contribution in [0.5, 0.6) is 0 Å². The summed E-state index contributed by atoms with van der Waals surface area (Å²) in [4.78, 5) is 13.5. The molecule has 2 heterocycles. The predicted molar refractivity (Wildman–Crippen MR) is 98.5 cm³/mol. The van der Waals surface area contributed by atoms with Crippen LogP contribution in [0.1, 0.15) is 31.2 Å². The van der Waals surface area contributed by atoms with Crippen molar-refractivity contribution in [2.45, 2.75) is 50.4 Å². The third-order valence-corrected chi connectivity index (χ3v) is 5.55. The Kier molecular flexibility index (Phi) is 4.40. The average Bonchev–Trinajstić information content (AvgIpc) is 2.85. The highest BCUT2D eigenvalue weighted by molar-refractivity contribution is 5.61. The Balaban J connectivity index is 1.44. The average molecular weight is 337 g/mol. The van der Waals surface area contributed by atoms with E-state index in [4.69, 9.17) is 0 Å². The minimum atomic E-state index is -0.304. The van der Waals surface area contributed by atoms with Gasteiger partial charge in [0.2, 0.25) is 0 Å². The second-order valence-electron chi connectivity index (χ2n) is 7.13. The second-order valence-corrected chi connectivity index (χ2v) is 7.13. The first-order chi connectivity index (χ1) is 12.2. The SMILES string of the molecule is O=[N+]([O-])c1ccccc1NC1C[C@@H]2CC[C@@H](C1)N2Cc1ccccc1. The lowest BCUT2D eigenvalue weighted by Gasteiger charge is -2.39. The number of piperidine rings is 1. The number of fused-ring (bicyclic) bond motifs is 2. The third-order valence-electron chi connectivity index (χ3n) is 5.55. The molecule has 2 aliphatic rings. The third kappa shape index (κ3) is 3.37. The molecule has 0 unspecified atom stereocenters. The van der Waals surface area contributed by atoms with Crippen LogP contribution in [0.25, 0.3) is 0 Å². The molecule has 0 radical (unpaired) electrons. The number of nitrogens with one attached hydrogen (secondary N) is 1. The first-order valence-corrected chi connectivity index (χ1v) is 9.00. The minimum absolute atomic E-state index is 0.168. The predicted octanol–water partition coefficient (Wildman–Crippen LogP) is 4.20. The molecule has 2 saturated heterocycles. The Morgan fingerprint density at radius 2 is 1.64 bits per heavy atom. The number of anilines is 1. The van der Waals surface area contributed by atoms with E-state index in [9.17, 15) is 10.1 Å². The molecule has 0 saturated carbocycles. The number of hydrogen-bond acceptors (Lipinski definition) is 4. The van der Waals surface area contributed by atoms with Crippen molar-refractivity contribution < 1.29 is 4.92 Å². The molecule has 25 heavy (non-hydrogen) atoms. The lowest BCUT2D eigenvalue weighted by atomic mass is 9.96. The Bertz CT molecular complexity index is 736. The van der Waals surface area contributed by atoms with Gasteiger partial charge in [0.1, 0.15) is 5.69 Å². The molecule has 0 aromatic heterocycles. The van der Waals surface area contributed by atoms with Crippen LogP contribution in [0.3, 0.4) is 0 Å². The van der Waals surface area contributed by atoms with Crippen molar-refractivity contribution in [3.05, 3.63) is 70.3 Å². The van der Waals surface area contributed by atoms with Gasteiger partial charge in [-0.25, -0.2) is 0 Å². The van der Waals surface area contributed by atoms with Crippen molar-refractivity contribution in [3.8, 4) is 0 Å². The maximum atomic E-state index is 11.2. The monoisotopic (exact) mass is 337 g/mol. The zero-order valence-electron chi connectivity index (χ0n) is 14.2. The van der Waals surface area contributed by atoms with Gasteiger partial charge in [0.25, 0.3) is 5.69 Å². The van der Waals surface area contributed by atoms with E-state index in [0.29, 0.717) is 23.8 Å². The van der Waals surface area contributed by atoms with Gasteiger partial charge in [-0.15, -0.1) is 0 Å². The van der Waals surface area contributed by atoms with Crippen LogP contribution in [0.4, 0.5) is 11.4 Å². The molecule has 2 aromatic carbocycles. The van der Waals surface area contributed by atoms with E-state index in [2.05, 4.69) is 40.5 Å². The number of nitro groups is 1. The van der Waals surface area contributed by atoms with Crippen LogP contribution >= 0.6 is 0 Å². The molecule has 0 aliphatic carbocycles. The summed E-state index contributed by atoms with van der Waals surface area (Å²) in [5, 5.41) is 14.7. The number of hydrogen-bond donors (Lipinski definition) is 1. The van der Waals surface area contributed by atoms with Crippen LogP contribution in [0, 0.1) is 10.1 Å². The molecule has 130 valence electrons. The zero-order valence-corrected chi connectivity index (χ0v) is 14.2. The molecular formula is C20H23N3O2. The summed E-state index contributed by atoms with van der Waals surface area (Å²) in [5.74, 6) is 0. The fraction of sp³-hybridized carbons (Fsp3) is 0.400. The summed E-state index contributed by atoms with van der Waals surface area (Å²) in [5.41, 5.74) is 2.18. The number of para-hydroxylation sites is 2. The fourth-order valence-electron chi connectivity index (χ4n) is 4.42. The standard InChI is InChI=1S/C20H23N3O2/c24-23(25)20-9-5-4-8-19(20)21-16-12-17-10-11-18(13-16)22(17)14-15-6-2-1-3-7-15/h1-9,16-18,21H,10-14H2/t17-,18-/m0/s1. The summed E-state index contributed by atoms with van der Waals surface area (Å²) >= 11 is 0. The number of benzene rings is 2. The molecule has 0 spiro atoms. The van der Waals surface area contributed by atoms with Crippen LogP contribution in [-0.4, -0.2) is 27.9 Å². The van der Waals surface area contributed by atoms with Crippen LogP contribution in [0.2, 0.25) is 0 Å². The molecular weight excluding hydrogens is 314 g/mol. The smallest absolute Gasteiger partial charge is 0.292 e. The van der Waals surface area contributed by atoms with E-state index in [1.807, 2.05) is 12.1 Å². The van der Waals surface area contributed by atoms with Gasteiger partial charge in [-0.1, -0.05) is 42.5 Å². The van der Waals surface area contributed by atoms with Crippen molar-refractivity contribution in [2.24, 2.45) is 0 Å². The number of nitrogens with zero attached hydrogens (tertiary/aromatic N) is 2. The molecule has 1 N–H and O–H groups in total. The molecule has 5 heteroatoms. The van der Waals surface area contributed by atoms with Gasteiger partial charge in [0.05, 0.1) is 4.92 Å². The summed E-state index contributed by atoms with van der Waals surface area (Å²) in [6.45, 7) is 1.01. The summed E-state index contributed by atoms with van der Waals surface area (Å²) in [7, 11) is 0. The van der Waals surface area contributed by atoms with Crippen LogP contribution in [-0.2, 0) is 6.54 Å². The molecule has 2 aliphatic heterocycles. The van der Waals surface area contributed by atoms with Gasteiger partial charge in [-0.3, -0.25) is 15.0 Å². The van der Waals surface area contributed by atoms with Crippen molar-refractivity contribution in [1.82, 2.24) is 4.90 Å². The van der Waals surface area contributed by atoms with Gasteiger partial charge in [-0.05, 0) is 37.3 Å². The fourth-order valence-corrected chi connectivity index (χ4v) is 4.42. The lowest BCUT2D eigenvalue weighted by Crippen LogP contribution is -2.46. The van der Waals surface area contributed by atoms with E-state index in [1.165, 1.54) is 18.4 Å².